The number of hydrogen-bond donors (Lipinski definition) is 2. The van der Waals surface area contributed by atoms with Crippen LogP contribution in [0.15, 0.2) is 30.3 Å². The fraction of sp³-hybridized carbons (Fsp3) is 0.375. The van der Waals surface area contributed by atoms with Crippen molar-refractivity contribution in [3.63, 3.8) is 0 Å². The summed E-state index contributed by atoms with van der Waals surface area (Å²) in [6.07, 6.45) is 4.55. The second-order valence-corrected chi connectivity index (χ2v) is 5.19. The van der Waals surface area contributed by atoms with Crippen molar-refractivity contribution in [2.45, 2.75) is 25.9 Å². The van der Waals surface area contributed by atoms with Gasteiger partial charge in [-0.2, -0.15) is 0 Å². The molecule has 0 bridgehead atoms. The van der Waals surface area contributed by atoms with Crippen molar-refractivity contribution in [2.24, 2.45) is 0 Å². The second-order valence-electron chi connectivity index (χ2n) is 5.19. The van der Waals surface area contributed by atoms with Crippen LogP contribution in [-0.4, -0.2) is 41.1 Å². The molecule has 0 aromatic heterocycles. The number of para-hydroxylation sites is 1. The molecule has 0 radical (unpaired) electrons. The number of nitrogens with zero attached hydrogens (tertiary/aromatic N) is 1. The zero-order valence-corrected chi connectivity index (χ0v) is 12.5. The fourth-order valence-electron chi connectivity index (χ4n) is 2.43. The molecule has 2 amide bonds. The van der Waals surface area contributed by atoms with Crippen LogP contribution in [0.5, 0.6) is 5.75 Å². The molecule has 1 atom stereocenters. The van der Waals surface area contributed by atoms with E-state index in [0.29, 0.717) is 12.3 Å². The van der Waals surface area contributed by atoms with E-state index in [0.717, 1.165) is 24.9 Å². The molecule has 1 aromatic carbocycles. The normalized spacial score (nSPS) is 18.3. The van der Waals surface area contributed by atoms with E-state index in [1.54, 1.807) is 23.4 Å². The molecule has 1 saturated heterocycles. The molecule has 1 heterocycles. The van der Waals surface area contributed by atoms with E-state index in [1.165, 1.54) is 6.08 Å². The number of amides is 2. The number of benzene rings is 1. The summed E-state index contributed by atoms with van der Waals surface area (Å²) in [5.74, 6) is 0.108. The molecule has 1 aromatic rings. The SMILES string of the molecule is CC(=O)N1CCCC(Oc2ccccc2C=CC(=O)NO)C1. The summed E-state index contributed by atoms with van der Waals surface area (Å²) in [5.41, 5.74) is 2.29. The van der Waals surface area contributed by atoms with Gasteiger partial charge in [0.15, 0.2) is 0 Å². The number of hydroxylamine groups is 1. The van der Waals surface area contributed by atoms with Gasteiger partial charge in [-0.25, -0.2) is 5.48 Å². The molecule has 22 heavy (non-hydrogen) atoms. The maximum Gasteiger partial charge on any atom is 0.267 e. The molecule has 6 nitrogen and oxygen atoms in total. The maximum absolute atomic E-state index is 11.5. The number of carbonyl (C=O) groups is 2. The molecule has 1 aliphatic heterocycles. The van der Waals surface area contributed by atoms with Crippen LogP contribution >= 0.6 is 0 Å². The third-order valence-electron chi connectivity index (χ3n) is 3.56. The molecule has 2 rings (SSSR count). The zero-order valence-electron chi connectivity index (χ0n) is 12.5. The van der Waals surface area contributed by atoms with Crippen LogP contribution in [0, 0.1) is 0 Å². The second kappa shape index (κ2) is 7.61. The lowest BCUT2D eigenvalue weighted by atomic mass is 10.1. The Morgan fingerprint density at radius 1 is 1.41 bits per heavy atom. The van der Waals surface area contributed by atoms with Gasteiger partial charge >= 0.3 is 0 Å². The highest BCUT2D eigenvalue weighted by Gasteiger charge is 2.23. The molecule has 2 N–H and O–H groups in total. The van der Waals surface area contributed by atoms with Gasteiger partial charge < -0.3 is 9.64 Å². The predicted octanol–water partition coefficient (Wildman–Crippen LogP) is 1.59. The van der Waals surface area contributed by atoms with Gasteiger partial charge in [-0.15, -0.1) is 0 Å². The number of likely N-dealkylation sites (tertiary alicyclic amines) is 1. The monoisotopic (exact) mass is 304 g/mol. The first-order valence-electron chi connectivity index (χ1n) is 7.23. The number of nitrogens with one attached hydrogen (secondary N) is 1. The topological polar surface area (TPSA) is 78.9 Å². The standard InChI is InChI=1S/C16H20N2O4/c1-12(19)18-10-4-6-14(11-18)22-15-7-3-2-5-13(15)8-9-16(20)17-21/h2-3,5,7-9,14,21H,4,6,10-11H2,1H3,(H,17,20). The third kappa shape index (κ3) is 4.33. The lowest BCUT2D eigenvalue weighted by Gasteiger charge is -2.32. The van der Waals surface area contributed by atoms with Crippen molar-refractivity contribution in [2.75, 3.05) is 13.1 Å². The fourth-order valence-corrected chi connectivity index (χ4v) is 2.43. The van der Waals surface area contributed by atoms with Crippen molar-refractivity contribution >= 4 is 17.9 Å². The van der Waals surface area contributed by atoms with Crippen molar-refractivity contribution in [3.05, 3.63) is 35.9 Å². The number of ether oxygens (including phenoxy) is 1. The number of carbonyl (C=O) groups excluding carboxylic acids is 2. The first-order chi connectivity index (χ1) is 10.6. The van der Waals surface area contributed by atoms with E-state index >= 15 is 0 Å². The Labute approximate surface area is 129 Å². The van der Waals surface area contributed by atoms with Gasteiger partial charge in [0, 0.05) is 25.1 Å². The van der Waals surface area contributed by atoms with Gasteiger partial charge in [-0.1, -0.05) is 18.2 Å². The average Bonchev–Trinajstić information content (AvgIpc) is 2.54. The molecule has 6 heteroatoms. The Bertz CT molecular complexity index is 571. The zero-order chi connectivity index (χ0) is 15.9. The Kier molecular flexibility index (Phi) is 5.55. The Morgan fingerprint density at radius 2 is 2.18 bits per heavy atom. The van der Waals surface area contributed by atoms with E-state index < -0.39 is 5.91 Å². The average molecular weight is 304 g/mol. The summed E-state index contributed by atoms with van der Waals surface area (Å²) in [7, 11) is 0. The highest BCUT2D eigenvalue weighted by molar-refractivity contribution is 5.91. The van der Waals surface area contributed by atoms with Crippen LogP contribution in [0.25, 0.3) is 6.08 Å². The first-order valence-corrected chi connectivity index (χ1v) is 7.23. The molecular formula is C16H20N2O4. The van der Waals surface area contributed by atoms with Crippen LogP contribution in [0.2, 0.25) is 0 Å². The number of rotatable bonds is 4. The van der Waals surface area contributed by atoms with Crippen molar-refractivity contribution in [1.82, 2.24) is 10.4 Å². The largest absolute Gasteiger partial charge is 0.488 e. The summed E-state index contributed by atoms with van der Waals surface area (Å²) in [4.78, 5) is 24.3. The van der Waals surface area contributed by atoms with Gasteiger partial charge in [0.2, 0.25) is 5.91 Å². The molecule has 118 valence electrons. The highest BCUT2D eigenvalue weighted by atomic mass is 16.5. The van der Waals surface area contributed by atoms with Crippen molar-refractivity contribution in [1.29, 1.82) is 0 Å². The van der Waals surface area contributed by atoms with E-state index in [1.807, 2.05) is 24.3 Å². The lowest BCUT2D eigenvalue weighted by Crippen LogP contribution is -2.43. The smallest absolute Gasteiger partial charge is 0.267 e. The summed E-state index contributed by atoms with van der Waals surface area (Å²) < 4.78 is 5.99. The van der Waals surface area contributed by atoms with E-state index in [2.05, 4.69) is 0 Å². The Hall–Kier alpha value is -2.34. The van der Waals surface area contributed by atoms with E-state index in [4.69, 9.17) is 9.94 Å². The number of piperidine rings is 1. The van der Waals surface area contributed by atoms with Gasteiger partial charge in [0.05, 0.1) is 6.54 Å². The van der Waals surface area contributed by atoms with Crippen molar-refractivity contribution < 1.29 is 19.5 Å². The molecule has 1 unspecified atom stereocenters. The highest BCUT2D eigenvalue weighted by Crippen LogP contribution is 2.23. The molecular weight excluding hydrogens is 284 g/mol. The van der Waals surface area contributed by atoms with Gasteiger partial charge in [-0.05, 0) is 25.0 Å². The Morgan fingerprint density at radius 3 is 2.91 bits per heavy atom. The van der Waals surface area contributed by atoms with Crippen LogP contribution in [0.1, 0.15) is 25.3 Å². The van der Waals surface area contributed by atoms with E-state index in [-0.39, 0.29) is 12.0 Å². The van der Waals surface area contributed by atoms with Gasteiger partial charge in [-0.3, -0.25) is 14.8 Å². The summed E-state index contributed by atoms with van der Waals surface area (Å²) in [5, 5.41) is 8.50. The van der Waals surface area contributed by atoms with Crippen LogP contribution in [-0.2, 0) is 9.59 Å². The maximum atomic E-state index is 11.5. The third-order valence-corrected chi connectivity index (χ3v) is 3.56. The van der Waals surface area contributed by atoms with Crippen LogP contribution < -0.4 is 10.2 Å². The van der Waals surface area contributed by atoms with Gasteiger partial charge in [0.25, 0.3) is 5.91 Å². The van der Waals surface area contributed by atoms with Crippen LogP contribution in [0.3, 0.4) is 0 Å². The molecule has 0 aliphatic carbocycles. The molecule has 0 spiro atoms. The minimum absolute atomic E-state index is 0.0566. The Balaban J connectivity index is 2.07. The first kappa shape index (κ1) is 16.0. The predicted molar refractivity (Wildman–Crippen MR) is 81.3 cm³/mol. The summed E-state index contributed by atoms with van der Waals surface area (Å²) in [6.45, 7) is 2.91. The van der Waals surface area contributed by atoms with Gasteiger partial charge in [0.1, 0.15) is 11.9 Å². The van der Waals surface area contributed by atoms with E-state index in [9.17, 15) is 9.59 Å². The summed E-state index contributed by atoms with van der Waals surface area (Å²) in [6, 6.07) is 7.34. The lowest BCUT2D eigenvalue weighted by molar-refractivity contribution is -0.131. The quantitative estimate of drug-likeness (QED) is 0.503. The minimum atomic E-state index is -0.602. The number of hydrogen-bond acceptors (Lipinski definition) is 4. The minimum Gasteiger partial charge on any atom is -0.488 e. The van der Waals surface area contributed by atoms with Crippen molar-refractivity contribution in [3.8, 4) is 5.75 Å². The molecule has 1 fully saturated rings. The van der Waals surface area contributed by atoms with Crippen LogP contribution in [0.4, 0.5) is 0 Å². The summed E-state index contributed by atoms with van der Waals surface area (Å²) >= 11 is 0. The molecule has 0 saturated carbocycles. The molecule has 1 aliphatic rings.